The van der Waals surface area contributed by atoms with E-state index in [2.05, 4.69) is 38.3 Å². The number of rotatable bonds is 4. The fourth-order valence-electron chi connectivity index (χ4n) is 2.36. The van der Waals surface area contributed by atoms with Crippen LogP contribution in [0.1, 0.15) is 33.4 Å². The molecule has 20 heavy (non-hydrogen) atoms. The minimum atomic E-state index is 0.310. The van der Waals surface area contributed by atoms with E-state index in [1.54, 1.807) is 0 Å². The van der Waals surface area contributed by atoms with Crippen LogP contribution in [0.2, 0.25) is 0 Å². The third-order valence-corrected chi connectivity index (χ3v) is 4.10. The van der Waals surface area contributed by atoms with Crippen molar-refractivity contribution in [2.45, 2.75) is 40.8 Å². The van der Waals surface area contributed by atoms with E-state index in [0.29, 0.717) is 23.3 Å². The van der Waals surface area contributed by atoms with Crippen LogP contribution in [0.4, 0.5) is 0 Å². The highest BCUT2D eigenvalue weighted by Crippen LogP contribution is 2.26. The third-order valence-electron chi connectivity index (χ3n) is 3.81. The Labute approximate surface area is 131 Å². The molecule has 0 aliphatic heterocycles. The zero-order valence-corrected chi connectivity index (χ0v) is 14.0. The molecule has 0 aliphatic carbocycles. The van der Waals surface area contributed by atoms with Crippen LogP contribution < -0.4 is 22.1 Å². The molecule has 0 radical (unpaired) electrons. The number of nitrogens with one attached hydrogen (secondary N) is 2. The van der Waals surface area contributed by atoms with E-state index in [1.807, 2.05) is 0 Å². The predicted octanol–water partition coefficient (Wildman–Crippen LogP) is 1.59. The van der Waals surface area contributed by atoms with Gasteiger partial charge in [-0.15, -0.1) is 0 Å². The van der Waals surface area contributed by atoms with E-state index in [-0.39, 0.29) is 0 Å². The molecule has 0 bridgehead atoms. The monoisotopic (exact) mass is 310 g/mol. The van der Waals surface area contributed by atoms with Gasteiger partial charge in [0.25, 0.3) is 0 Å². The van der Waals surface area contributed by atoms with Gasteiger partial charge in [0.05, 0.1) is 0 Å². The highest BCUT2D eigenvalue weighted by molar-refractivity contribution is 7.80. The van der Waals surface area contributed by atoms with Gasteiger partial charge in [-0.1, -0.05) is 0 Å². The Morgan fingerprint density at radius 3 is 1.40 bits per heavy atom. The number of thiocarbonyl (C=S) groups is 2. The van der Waals surface area contributed by atoms with Crippen LogP contribution in [0.3, 0.4) is 0 Å². The van der Waals surface area contributed by atoms with Crippen LogP contribution >= 0.6 is 24.4 Å². The van der Waals surface area contributed by atoms with Gasteiger partial charge in [0.2, 0.25) is 0 Å². The lowest BCUT2D eigenvalue weighted by Crippen LogP contribution is -2.31. The maximum atomic E-state index is 5.52. The first-order chi connectivity index (χ1) is 9.25. The van der Waals surface area contributed by atoms with Gasteiger partial charge in [0.1, 0.15) is 0 Å². The van der Waals surface area contributed by atoms with Crippen molar-refractivity contribution in [2.75, 3.05) is 0 Å². The molecule has 0 heterocycles. The molecule has 0 atom stereocenters. The molecule has 0 spiro atoms. The smallest absolute Gasteiger partial charge is 0.163 e. The molecule has 0 saturated carbocycles. The van der Waals surface area contributed by atoms with Crippen molar-refractivity contribution < 1.29 is 0 Å². The number of hydrogen-bond donors (Lipinski definition) is 4. The van der Waals surface area contributed by atoms with Gasteiger partial charge < -0.3 is 22.1 Å². The molecular formula is C14H22N4S2. The van der Waals surface area contributed by atoms with Crippen LogP contribution in [0.15, 0.2) is 0 Å². The molecule has 0 unspecified atom stereocenters. The Hall–Kier alpha value is -1.40. The number of hydrogen-bond acceptors (Lipinski definition) is 2. The summed E-state index contributed by atoms with van der Waals surface area (Å²) in [6.45, 7) is 9.74. The lowest BCUT2D eigenvalue weighted by molar-refractivity contribution is 0.854. The molecule has 0 saturated heterocycles. The normalized spacial score (nSPS) is 10.2. The molecule has 1 rings (SSSR count). The minimum absolute atomic E-state index is 0.310. The van der Waals surface area contributed by atoms with Gasteiger partial charge in [0, 0.05) is 13.1 Å². The lowest BCUT2D eigenvalue weighted by atomic mass is 9.89. The van der Waals surface area contributed by atoms with Crippen LogP contribution in [-0.2, 0) is 13.1 Å². The largest absolute Gasteiger partial charge is 0.376 e. The average molecular weight is 310 g/mol. The highest BCUT2D eigenvalue weighted by Gasteiger charge is 2.14. The SMILES string of the molecule is Cc1c(C)c(CNC(N)=S)c(C)c(CNC(N)=S)c1C. The summed E-state index contributed by atoms with van der Waals surface area (Å²) in [5.41, 5.74) is 18.5. The van der Waals surface area contributed by atoms with Crippen molar-refractivity contribution in [3.8, 4) is 0 Å². The van der Waals surface area contributed by atoms with Gasteiger partial charge in [-0.2, -0.15) is 0 Å². The number of benzene rings is 1. The van der Waals surface area contributed by atoms with Gasteiger partial charge in [-0.25, -0.2) is 0 Å². The van der Waals surface area contributed by atoms with E-state index < -0.39 is 0 Å². The van der Waals surface area contributed by atoms with E-state index in [0.717, 1.165) is 0 Å². The zero-order chi connectivity index (χ0) is 15.4. The molecule has 6 heteroatoms. The van der Waals surface area contributed by atoms with Crippen molar-refractivity contribution in [1.29, 1.82) is 0 Å². The van der Waals surface area contributed by atoms with Gasteiger partial charge >= 0.3 is 0 Å². The fraction of sp³-hybridized carbons (Fsp3) is 0.429. The van der Waals surface area contributed by atoms with Crippen LogP contribution in [0, 0.1) is 27.7 Å². The molecule has 0 aromatic heterocycles. The van der Waals surface area contributed by atoms with Crippen molar-refractivity contribution >= 4 is 34.7 Å². The molecule has 6 N–H and O–H groups in total. The first kappa shape index (κ1) is 16.7. The second-order valence-corrected chi connectivity index (χ2v) is 5.77. The summed E-state index contributed by atoms with van der Waals surface area (Å²) in [5.74, 6) is 0. The van der Waals surface area contributed by atoms with Crippen molar-refractivity contribution in [1.82, 2.24) is 10.6 Å². The Morgan fingerprint density at radius 2 is 1.10 bits per heavy atom. The summed E-state index contributed by atoms with van der Waals surface area (Å²) in [5, 5.41) is 6.66. The van der Waals surface area contributed by atoms with Gasteiger partial charge in [-0.3, -0.25) is 0 Å². The zero-order valence-electron chi connectivity index (χ0n) is 12.4. The molecule has 1 aromatic rings. The summed E-state index contributed by atoms with van der Waals surface area (Å²) < 4.78 is 0. The number of nitrogens with two attached hydrogens (primary N) is 2. The quantitative estimate of drug-likeness (QED) is 0.633. The van der Waals surface area contributed by atoms with Crippen LogP contribution in [0.5, 0.6) is 0 Å². The van der Waals surface area contributed by atoms with Gasteiger partial charge in [0.15, 0.2) is 10.2 Å². The molecule has 0 amide bonds. The Kier molecular flexibility index (Phi) is 5.71. The molecule has 4 nitrogen and oxygen atoms in total. The van der Waals surface area contributed by atoms with E-state index in [1.165, 1.54) is 33.4 Å². The second-order valence-electron chi connectivity index (χ2n) is 4.89. The minimum Gasteiger partial charge on any atom is -0.376 e. The van der Waals surface area contributed by atoms with Crippen LogP contribution in [-0.4, -0.2) is 10.2 Å². The molecule has 0 aliphatic rings. The maximum absolute atomic E-state index is 5.52. The lowest BCUT2D eigenvalue weighted by Gasteiger charge is -2.21. The predicted molar refractivity (Wildman–Crippen MR) is 92.6 cm³/mol. The average Bonchev–Trinajstić information content (AvgIpc) is 2.35. The topological polar surface area (TPSA) is 76.1 Å². The summed E-state index contributed by atoms with van der Waals surface area (Å²) in [4.78, 5) is 0. The van der Waals surface area contributed by atoms with Crippen molar-refractivity contribution in [3.05, 3.63) is 33.4 Å². The Bertz CT molecular complexity index is 508. The fourth-order valence-corrected chi connectivity index (χ4v) is 2.50. The third kappa shape index (κ3) is 3.80. The standard InChI is InChI=1S/C14H22N4S2/c1-7-8(2)11(5-17-13(15)19)10(4)12(9(7)3)6-18-14(16)20/h5-6H2,1-4H3,(H3,15,17,19)(H3,16,18,20). The summed E-state index contributed by atoms with van der Waals surface area (Å²) >= 11 is 9.76. The Balaban J connectivity index is 3.23. The molecule has 0 fully saturated rings. The first-order valence-electron chi connectivity index (χ1n) is 6.40. The second kappa shape index (κ2) is 6.85. The maximum Gasteiger partial charge on any atom is 0.163 e. The van der Waals surface area contributed by atoms with Crippen molar-refractivity contribution in [3.63, 3.8) is 0 Å². The summed E-state index contributed by atoms with van der Waals surface area (Å²) in [6, 6.07) is 0. The first-order valence-corrected chi connectivity index (χ1v) is 7.22. The van der Waals surface area contributed by atoms with Crippen LogP contribution in [0.25, 0.3) is 0 Å². The van der Waals surface area contributed by atoms with Crippen molar-refractivity contribution in [2.24, 2.45) is 11.5 Å². The molecule has 1 aromatic carbocycles. The summed E-state index contributed by atoms with van der Waals surface area (Å²) in [7, 11) is 0. The highest BCUT2D eigenvalue weighted by atomic mass is 32.1. The molecular weight excluding hydrogens is 288 g/mol. The molecule has 110 valence electrons. The van der Waals surface area contributed by atoms with E-state index in [4.69, 9.17) is 35.9 Å². The van der Waals surface area contributed by atoms with E-state index >= 15 is 0 Å². The Morgan fingerprint density at radius 1 is 0.750 bits per heavy atom. The van der Waals surface area contributed by atoms with Gasteiger partial charge in [-0.05, 0) is 85.5 Å². The summed E-state index contributed by atoms with van der Waals surface area (Å²) in [6.07, 6.45) is 0. The van der Waals surface area contributed by atoms with E-state index in [9.17, 15) is 0 Å².